The fourth-order valence-corrected chi connectivity index (χ4v) is 1.65. The van der Waals surface area contributed by atoms with Crippen molar-refractivity contribution in [3.05, 3.63) is 0 Å². The molecular formula is C9H19NO. The van der Waals surface area contributed by atoms with Crippen LogP contribution in [-0.2, 0) is 4.74 Å². The predicted molar refractivity (Wildman–Crippen MR) is 46.5 cm³/mol. The molecule has 0 aromatic rings. The van der Waals surface area contributed by atoms with E-state index in [0.29, 0.717) is 6.10 Å². The highest BCUT2D eigenvalue weighted by Gasteiger charge is 2.27. The Hall–Kier alpha value is -0.0800. The van der Waals surface area contributed by atoms with Crippen LogP contribution >= 0.6 is 0 Å². The molecule has 1 aliphatic carbocycles. The zero-order valence-electron chi connectivity index (χ0n) is 7.60. The van der Waals surface area contributed by atoms with Crippen molar-refractivity contribution in [2.24, 2.45) is 5.73 Å². The van der Waals surface area contributed by atoms with E-state index in [0.717, 1.165) is 32.3 Å². The lowest BCUT2D eigenvalue weighted by Gasteiger charge is -2.33. The van der Waals surface area contributed by atoms with Gasteiger partial charge in [0.25, 0.3) is 0 Å². The largest absolute Gasteiger partial charge is 0.379 e. The van der Waals surface area contributed by atoms with Crippen LogP contribution in [-0.4, -0.2) is 18.2 Å². The molecule has 0 aromatic heterocycles. The van der Waals surface area contributed by atoms with Crippen molar-refractivity contribution >= 4 is 0 Å². The average Bonchev–Trinajstić information content (AvgIpc) is 1.94. The molecule has 0 aliphatic heterocycles. The summed E-state index contributed by atoms with van der Waals surface area (Å²) in [4.78, 5) is 0. The van der Waals surface area contributed by atoms with Crippen LogP contribution in [0.1, 0.15) is 39.5 Å². The molecule has 0 atom stereocenters. The van der Waals surface area contributed by atoms with Gasteiger partial charge in [-0.1, -0.05) is 0 Å². The Labute approximate surface area is 69.1 Å². The molecule has 0 saturated heterocycles. The van der Waals surface area contributed by atoms with Crippen molar-refractivity contribution in [1.82, 2.24) is 0 Å². The number of nitrogens with two attached hydrogens (primary N) is 1. The molecule has 2 heteroatoms. The average molecular weight is 157 g/mol. The Kier molecular flexibility index (Phi) is 2.90. The fraction of sp³-hybridized carbons (Fsp3) is 1.00. The predicted octanol–water partition coefficient (Wildman–Crippen LogP) is 1.68. The molecule has 0 amide bonds. The highest BCUT2D eigenvalue weighted by atomic mass is 16.5. The van der Waals surface area contributed by atoms with E-state index in [2.05, 4.69) is 13.8 Å². The molecule has 0 radical (unpaired) electrons. The van der Waals surface area contributed by atoms with E-state index in [4.69, 9.17) is 10.5 Å². The van der Waals surface area contributed by atoms with Crippen LogP contribution in [0.3, 0.4) is 0 Å². The highest BCUT2D eigenvalue weighted by molar-refractivity contribution is 4.85. The van der Waals surface area contributed by atoms with E-state index in [1.165, 1.54) is 0 Å². The van der Waals surface area contributed by atoms with Gasteiger partial charge in [-0.3, -0.25) is 0 Å². The molecule has 66 valence electrons. The van der Waals surface area contributed by atoms with Gasteiger partial charge in [-0.2, -0.15) is 0 Å². The minimum Gasteiger partial charge on any atom is -0.379 e. The number of rotatable bonds is 2. The molecule has 2 N–H and O–H groups in total. The summed E-state index contributed by atoms with van der Waals surface area (Å²) < 4.78 is 5.52. The van der Waals surface area contributed by atoms with Gasteiger partial charge in [-0.25, -0.2) is 0 Å². The molecule has 1 aliphatic rings. The molecule has 11 heavy (non-hydrogen) atoms. The Bertz CT molecular complexity index is 113. The van der Waals surface area contributed by atoms with Crippen LogP contribution in [0.25, 0.3) is 0 Å². The van der Waals surface area contributed by atoms with Crippen molar-refractivity contribution in [2.75, 3.05) is 6.61 Å². The van der Waals surface area contributed by atoms with Gasteiger partial charge in [0.1, 0.15) is 0 Å². The molecule has 0 spiro atoms. The summed E-state index contributed by atoms with van der Waals surface area (Å²) in [5, 5.41) is 0. The minimum atomic E-state index is 0.0770. The quantitative estimate of drug-likeness (QED) is 0.662. The third-order valence-electron chi connectivity index (χ3n) is 2.48. The maximum atomic E-state index is 5.98. The molecule has 2 nitrogen and oxygen atoms in total. The summed E-state index contributed by atoms with van der Waals surface area (Å²) in [5.74, 6) is 0. The Balaban J connectivity index is 2.25. The van der Waals surface area contributed by atoms with E-state index >= 15 is 0 Å². The van der Waals surface area contributed by atoms with E-state index in [9.17, 15) is 0 Å². The van der Waals surface area contributed by atoms with Crippen molar-refractivity contribution in [3.8, 4) is 0 Å². The van der Waals surface area contributed by atoms with Crippen LogP contribution in [0, 0.1) is 0 Å². The number of hydrogen-bond acceptors (Lipinski definition) is 2. The van der Waals surface area contributed by atoms with Crippen LogP contribution in [0.15, 0.2) is 0 Å². The molecule has 1 saturated carbocycles. The van der Waals surface area contributed by atoms with Crippen LogP contribution in [0.5, 0.6) is 0 Å². The van der Waals surface area contributed by atoms with Gasteiger partial charge >= 0.3 is 0 Å². The van der Waals surface area contributed by atoms with E-state index in [1.54, 1.807) is 0 Å². The third-order valence-corrected chi connectivity index (χ3v) is 2.48. The first-order chi connectivity index (χ1) is 5.14. The maximum Gasteiger partial charge on any atom is 0.0576 e. The van der Waals surface area contributed by atoms with Crippen LogP contribution in [0.4, 0.5) is 0 Å². The van der Waals surface area contributed by atoms with Crippen LogP contribution in [0.2, 0.25) is 0 Å². The highest BCUT2D eigenvalue weighted by Crippen LogP contribution is 2.27. The number of ether oxygens (including phenoxy) is 1. The Morgan fingerprint density at radius 1 is 1.45 bits per heavy atom. The van der Waals surface area contributed by atoms with Crippen LogP contribution < -0.4 is 5.73 Å². The fourth-order valence-electron chi connectivity index (χ4n) is 1.65. The Morgan fingerprint density at radius 3 is 2.45 bits per heavy atom. The topological polar surface area (TPSA) is 35.2 Å². The van der Waals surface area contributed by atoms with Gasteiger partial charge in [-0.15, -0.1) is 0 Å². The van der Waals surface area contributed by atoms with Crippen molar-refractivity contribution in [1.29, 1.82) is 0 Å². The maximum absolute atomic E-state index is 5.98. The molecule has 0 unspecified atom stereocenters. The van der Waals surface area contributed by atoms with Crippen molar-refractivity contribution in [2.45, 2.75) is 51.2 Å². The second kappa shape index (κ2) is 3.55. The molecule has 0 bridgehead atoms. The SMILES string of the molecule is CCO[C@H]1CC[C@@](C)(N)CC1. The first kappa shape index (κ1) is 9.01. The van der Waals surface area contributed by atoms with Gasteiger partial charge in [-0.05, 0) is 39.5 Å². The zero-order valence-corrected chi connectivity index (χ0v) is 7.60. The summed E-state index contributed by atoms with van der Waals surface area (Å²) >= 11 is 0. The van der Waals surface area contributed by atoms with Gasteiger partial charge < -0.3 is 10.5 Å². The van der Waals surface area contributed by atoms with Crippen molar-refractivity contribution < 1.29 is 4.74 Å². The first-order valence-corrected chi connectivity index (χ1v) is 4.54. The zero-order chi connectivity index (χ0) is 8.32. The summed E-state index contributed by atoms with van der Waals surface area (Å²) in [6.07, 6.45) is 4.98. The second-order valence-corrected chi connectivity index (χ2v) is 3.81. The first-order valence-electron chi connectivity index (χ1n) is 4.54. The van der Waals surface area contributed by atoms with Gasteiger partial charge in [0.2, 0.25) is 0 Å². The summed E-state index contributed by atoms with van der Waals surface area (Å²) in [5.41, 5.74) is 6.06. The summed E-state index contributed by atoms with van der Waals surface area (Å²) in [6.45, 7) is 5.03. The summed E-state index contributed by atoms with van der Waals surface area (Å²) in [6, 6.07) is 0. The smallest absolute Gasteiger partial charge is 0.0576 e. The molecule has 1 rings (SSSR count). The standard InChI is InChI=1S/C9H19NO/c1-3-11-8-4-6-9(2,10)7-5-8/h8H,3-7,10H2,1-2H3/t8-,9+. The molecule has 1 fully saturated rings. The van der Waals surface area contributed by atoms with Gasteiger partial charge in [0, 0.05) is 12.1 Å². The minimum absolute atomic E-state index is 0.0770. The monoisotopic (exact) mass is 157 g/mol. The lowest BCUT2D eigenvalue weighted by Crippen LogP contribution is -2.41. The lowest BCUT2D eigenvalue weighted by atomic mass is 9.83. The van der Waals surface area contributed by atoms with E-state index in [-0.39, 0.29) is 5.54 Å². The second-order valence-electron chi connectivity index (χ2n) is 3.81. The third kappa shape index (κ3) is 2.80. The Morgan fingerprint density at radius 2 is 2.00 bits per heavy atom. The van der Waals surface area contributed by atoms with E-state index < -0.39 is 0 Å². The normalized spacial score (nSPS) is 39.0. The lowest BCUT2D eigenvalue weighted by molar-refractivity contribution is 0.0229. The van der Waals surface area contributed by atoms with Gasteiger partial charge in [0.05, 0.1) is 6.10 Å². The summed E-state index contributed by atoms with van der Waals surface area (Å²) in [7, 11) is 0. The van der Waals surface area contributed by atoms with Crippen molar-refractivity contribution in [3.63, 3.8) is 0 Å². The van der Waals surface area contributed by atoms with Gasteiger partial charge in [0.15, 0.2) is 0 Å². The molecule has 0 aromatic carbocycles. The molecule has 0 heterocycles. The number of hydrogen-bond donors (Lipinski definition) is 1. The van der Waals surface area contributed by atoms with E-state index in [1.807, 2.05) is 0 Å². The molecular weight excluding hydrogens is 138 g/mol.